The van der Waals surface area contributed by atoms with Crippen LogP contribution in [-0.4, -0.2) is 24.8 Å². The molecule has 4 nitrogen and oxygen atoms in total. The Morgan fingerprint density at radius 3 is 2.80 bits per heavy atom. The first-order chi connectivity index (χ1) is 7.04. The number of nitrogens with two attached hydrogens (primary N) is 1. The largest absolute Gasteiger partial charge is 0.467 e. The van der Waals surface area contributed by atoms with E-state index in [1.807, 2.05) is 0 Å². The maximum absolute atomic E-state index is 11.4. The van der Waals surface area contributed by atoms with Gasteiger partial charge in [-0.3, -0.25) is 0 Å². The molecule has 15 heavy (non-hydrogen) atoms. The van der Waals surface area contributed by atoms with Crippen molar-refractivity contribution in [3.8, 4) is 0 Å². The summed E-state index contributed by atoms with van der Waals surface area (Å²) in [5.74, 6) is -0.702. The molecule has 3 N–H and O–H groups in total. The second-order valence-corrected chi connectivity index (χ2v) is 3.57. The van der Waals surface area contributed by atoms with Gasteiger partial charge in [0, 0.05) is 5.02 Å². The number of ether oxygens (including phenoxy) is 1. The fourth-order valence-corrected chi connectivity index (χ4v) is 1.41. The van der Waals surface area contributed by atoms with Crippen LogP contribution in [-0.2, 0) is 15.1 Å². The van der Waals surface area contributed by atoms with E-state index in [4.69, 9.17) is 22.4 Å². The van der Waals surface area contributed by atoms with Crippen LogP contribution >= 0.6 is 11.6 Å². The minimum atomic E-state index is -1.56. The van der Waals surface area contributed by atoms with Crippen LogP contribution in [0.1, 0.15) is 5.56 Å². The number of aliphatic hydroxyl groups is 1. The number of carbonyl (C=O) groups excluding carboxylic acids is 1. The lowest BCUT2D eigenvalue weighted by molar-refractivity contribution is -0.149. The molecule has 1 rings (SSSR count). The van der Waals surface area contributed by atoms with Crippen molar-refractivity contribution in [1.29, 1.82) is 0 Å². The first kappa shape index (κ1) is 12.0. The molecule has 0 heterocycles. The van der Waals surface area contributed by atoms with Crippen LogP contribution in [0.5, 0.6) is 0 Å². The lowest BCUT2D eigenvalue weighted by Crippen LogP contribution is -2.48. The zero-order chi connectivity index (χ0) is 11.5. The molecule has 0 radical (unpaired) electrons. The van der Waals surface area contributed by atoms with E-state index >= 15 is 0 Å². The van der Waals surface area contributed by atoms with Crippen molar-refractivity contribution in [3.63, 3.8) is 0 Å². The molecule has 5 heteroatoms. The van der Waals surface area contributed by atoms with Crippen LogP contribution in [0.3, 0.4) is 0 Å². The SMILES string of the molecule is COC(=O)C(N)(CO)c1cccc(Cl)c1. The highest BCUT2D eigenvalue weighted by Gasteiger charge is 2.36. The average Bonchev–Trinajstić information content (AvgIpc) is 2.26. The Kier molecular flexibility index (Phi) is 3.68. The highest BCUT2D eigenvalue weighted by atomic mass is 35.5. The summed E-state index contributed by atoms with van der Waals surface area (Å²) in [6.07, 6.45) is 0. The summed E-state index contributed by atoms with van der Waals surface area (Å²) in [7, 11) is 1.21. The molecule has 0 amide bonds. The molecule has 0 aliphatic rings. The average molecular weight is 230 g/mol. The third-order valence-electron chi connectivity index (χ3n) is 2.14. The minimum Gasteiger partial charge on any atom is -0.467 e. The van der Waals surface area contributed by atoms with E-state index < -0.39 is 18.1 Å². The molecule has 1 aromatic carbocycles. The standard InChI is InChI=1S/C10H12ClNO3/c1-15-9(14)10(12,6-13)7-3-2-4-8(11)5-7/h2-5,13H,6,12H2,1H3. The second kappa shape index (κ2) is 4.61. The van der Waals surface area contributed by atoms with Gasteiger partial charge in [-0.15, -0.1) is 0 Å². The van der Waals surface area contributed by atoms with E-state index in [9.17, 15) is 4.79 Å². The minimum absolute atomic E-state index is 0.421. The van der Waals surface area contributed by atoms with Gasteiger partial charge >= 0.3 is 5.97 Å². The molecule has 0 bridgehead atoms. The van der Waals surface area contributed by atoms with Gasteiger partial charge in [-0.25, -0.2) is 4.79 Å². The molecular formula is C10H12ClNO3. The summed E-state index contributed by atoms with van der Waals surface area (Å²) >= 11 is 5.77. The number of aliphatic hydroxyl groups excluding tert-OH is 1. The molecule has 0 saturated carbocycles. The van der Waals surface area contributed by atoms with Crippen LogP contribution in [0.4, 0.5) is 0 Å². The van der Waals surface area contributed by atoms with Gasteiger partial charge in [0.15, 0.2) is 5.54 Å². The van der Waals surface area contributed by atoms with E-state index in [0.717, 1.165) is 0 Å². The van der Waals surface area contributed by atoms with Gasteiger partial charge in [0.25, 0.3) is 0 Å². The molecule has 0 spiro atoms. The van der Waals surface area contributed by atoms with E-state index in [1.165, 1.54) is 13.2 Å². The van der Waals surface area contributed by atoms with Gasteiger partial charge in [-0.05, 0) is 17.7 Å². The van der Waals surface area contributed by atoms with Gasteiger partial charge in [-0.2, -0.15) is 0 Å². The Hall–Kier alpha value is -1.10. The van der Waals surface area contributed by atoms with E-state index in [2.05, 4.69) is 4.74 Å². The Labute approximate surface area is 92.6 Å². The van der Waals surface area contributed by atoms with Gasteiger partial charge in [0.05, 0.1) is 13.7 Å². The normalized spacial score (nSPS) is 14.4. The zero-order valence-electron chi connectivity index (χ0n) is 8.24. The van der Waals surface area contributed by atoms with Crippen molar-refractivity contribution < 1.29 is 14.6 Å². The molecule has 1 atom stereocenters. The van der Waals surface area contributed by atoms with Crippen LogP contribution in [0.2, 0.25) is 5.02 Å². The van der Waals surface area contributed by atoms with Gasteiger partial charge in [0.1, 0.15) is 0 Å². The third-order valence-corrected chi connectivity index (χ3v) is 2.37. The van der Waals surface area contributed by atoms with Crippen LogP contribution in [0.15, 0.2) is 24.3 Å². The highest BCUT2D eigenvalue weighted by Crippen LogP contribution is 2.22. The van der Waals surface area contributed by atoms with Crippen LogP contribution < -0.4 is 5.73 Å². The fourth-order valence-electron chi connectivity index (χ4n) is 1.22. The number of hydrogen-bond donors (Lipinski definition) is 2. The van der Waals surface area contributed by atoms with Crippen molar-refractivity contribution in [3.05, 3.63) is 34.9 Å². The molecule has 0 aromatic heterocycles. The van der Waals surface area contributed by atoms with Crippen LogP contribution in [0.25, 0.3) is 0 Å². The quantitative estimate of drug-likeness (QED) is 0.747. The first-order valence-electron chi connectivity index (χ1n) is 4.29. The Morgan fingerprint density at radius 2 is 2.33 bits per heavy atom. The maximum atomic E-state index is 11.4. The van der Waals surface area contributed by atoms with E-state index in [0.29, 0.717) is 10.6 Å². The maximum Gasteiger partial charge on any atom is 0.332 e. The number of benzene rings is 1. The van der Waals surface area contributed by atoms with Crippen molar-refractivity contribution in [1.82, 2.24) is 0 Å². The monoisotopic (exact) mass is 229 g/mol. The summed E-state index contributed by atoms with van der Waals surface area (Å²) in [6, 6.07) is 6.44. The van der Waals surface area contributed by atoms with E-state index in [-0.39, 0.29) is 0 Å². The fraction of sp³-hybridized carbons (Fsp3) is 0.300. The first-order valence-corrected chi connectivity index (χ1v) is 4.66. The van der Waals surface area contributed by atoms with Crippen molar-refractivity contribution >= 4 is 17.6 Å². The summed E-state index contributed by atoms with van der Waals surface area (Å²) in [5.41, 5.74) is 4.62. The molecule has 0 aliphatic heterocycles. The summed E-state index contributed by atoms with van der Waals surface area (Å²) in [6.45, 7) is -0.542. The third kappa shape index (κ3) is 2.28. The molecule has 0 aliphatic carbocycles. The molecular weight excluding hydrogens is 218 g/mol. The zero-order valence-corrected chi connectivity index (χ0v) is 8.99. The number of halogens is 1. The number of esters is 1. The van der Waals surface area contributed by atoms with Crippen molar-refractivity contribution in [2.75, 3.05) is 13.7 Å². The summed E-state index contributed by atoms with van der Waals surface area (Å²) in [5, 5.41) is 9.61. The summed E-state index contributed by atoms with van der Waals surface area (Å²) < 4.78 is 4.53. The lowest BCUT2D eigenvalue weighted by Gasteiger charge is -2.24. The molecule has 1 unspecified atom stereocenters. The Balaban J connectivity index is 3.16. The molecule has 0 saturated heterocycles. The predicted molar refractivity (Wildman–Crippen MR) is 56.4 cm³/mol. The van der Waals surface area contributed by atoms with Crippen LogP contribution in [0, 0.1) is 0 Å². The number of hydrogen-bond acceptors (Lipinski definition) is 4. The molecule has 82 valence electrons. The van der Waals surface area contributed by atoms with Gasteiger partial charge in [0.2, 0.25) is 0 Å². The lowest BCUT2D eigenvalue weighted by atomic mass is 9.92. The van der Waals surface area contributed by atoms with Crippen molar-refractivity contribution in [2.45, 2.75) is 5.54 Å². The number of rotatable bonds is 3. The topological polar surface area (TPSA) is 72.5 Å². The number of carbonyl (C=O) groups is 1. The van der Waals surface area contributed by atoms with Crippen molar-refractivity contribution in [2.24, 2.45) is 5.73 Å². The van der Waals surface area contributed by atoms with Gasteiger partial charge in [-0.1, -0.05) is 23.7 Å². The molecule has 0 fully saturated rings. The second-order valence-electron chi connectivity index (χ2n) is 3.13. The van der Waals surface area contributed by atoms with Gasteiger partial charge < -0.3 is 15.6 Å². The molecule has 1 aromatic rings. The van der Waals surface area contributed by atoms with E-state index in [1.54, 1.807) is 18.2 Å². The predicted octanol–water partition coefficient (Wildman–Crippen LogP) is 0.659. The number of methoxy groups -OCH3 is 1. The Bertz CT molecular complexity index is 369. The smallest absolute Gasteiger partial charge is 0.332 e. The Morgan fingerprint density at radius 1 is 1.67 bits per heavy atom. The highest BCUT2D eigenvalue weighted by molar-refractivity contribution is 6.30. The summed E-state index contributed by atoms with van der Waals surface area (Å²) in [4.78, 5) is 11.4.